The van der Waals surface area contributed by atoms with Crippen molar-refractivity contribution in [3.63, 3.8) is 0 Å². The number of hydrogen-bond donors (Lipinski definition) is 0. The minimum atomic E-state index is -0.131. The number of methoxy groups -OCH3 is 1. The first-order valence-electron chi connectivity index (χ1n) is 6.22. The van der Waals surface area contributed by atoms with E-state index in [9.17, 15) is 4.79 Å². The number of likely N-dealkylation sites (tertiary alicyclic amines) is 1. The molecule has 1 aliphatic rings. The standard InChI is InChI=1S/C12H19N3O3/c1-8(2)11-13-10(14-18-11)7-15-5-4-9(6-15)12(16)17-3/h8-9H,4-7H2,1-3H3. The highest BCUT2D eigenvalue weighted by molar-refractivity contribution is 5.72. The Kier molecular flexibility index (Phi) is 3.96. The van der Waals surface area contributed by atoms with Crippen LogP contribution in [-0.2, 0) is 16.1 Å². The Hall–Kier alpha value is -1.43. The Labute approximate surface area is 106 Å². The molecule has 1 saturated heterocycles. The molecule has 2 heterocycles. The number of nitrogens with zero attached hydrogens (tertiary/aromatic N) is 3. The van der Waals surface area contributed by atoms with Gasteiger partial charge in [0.15, 0.2) is 5.82 Å². The molecule has 0 aromatic carbocycles. The van der Waals surface area contributed by atoms with Gasteiger partial charge in [-0.3, -0.25) is 9.69 Å². The quantitative estimate of drug-likeness (QED) is 0.751. The van der Waals surface area contributed by atoms with Crippen molar-refractivity contribution >= 4 is 5.97 Å². The van der Waals surface area contributed by atoms with Gasteiger partial charge in [0, 0.05) is 12.5 Å². The zero-order valence-electron chi connectivity index (χ0n) is 11.0. The molecule has 1 aromatic heterocycles. The van der Waals surface area contributed by atoms with Gasteiger partial charge in [0.1, 0.15) is 0 Å². The lowest BCUT2D eigenvalue weighted by Crippen LogP contribution is -2.24. The van der Waals surface area contributed by atoms with E-state index in [1.165, 1.54) is 7.11 Å². The van der Waals surface area contributed by atoms with Crippen molar-refractivity contribution < 1.29 is 14.1 Å². The molecule has 0 aliphatic carbocycles. The zero-order valence-corrected chi connectivity index (χ0v) is 11.0. The Morgan fingerprint density at radius 3 is 3.00 bits per heavy atom. The fraction of sp³-hybridized carbons (Fsp3) is 0.750. The minimum Gasteiger partial charge on any atom is -0.469 e. The van der Waals surface area contributed by atoms with Crippen LogP contribution < -0.4 is 0 Å². The number of rotatable bonds is 4. The van der Waals surface area contributed by atoms with E-state index in [1.807, 2.05) is 13.8 Å². The zero-order chi connectivity index (χ0) is 13.1. The van der Waals surface area contributed by atoms with Crippen molar-refractivity contribution in [2.75, 3.05) is 20.2 Å². The van der Waals surface area contributed by atoms with Gasteiger partial charge < -0.3 is 9.26 Å². The van der Waals surface area contributed by atoms with Crippen LogP contribution in [0.15, 0.2) is 4.52 Å². The van der Waals surface area contributed by atoms with Gasteiger partial charge in [-0.2, -0.15) is 4.98 Å². The molecule has 0 bridgehead atoms. The van der Waals surface area contributed by atoms with Crippen molar-refractivity contribution in [3.05, 3.63) is 11.7 Å². The van der Waals surface area contributed by atoms with Crippen LogP contribution in [0.3, 0.4) is 0 Å². The van der Waals surface area contributed by atoms with Gasteiger partial charge in [0.05, 0.1) is 19.6 Å². The third-order valence-corrected chi connectivity index (χ3v) is 3.15. The van der Waals surface area contributed by atoms with Crippen LogP contribution in [0.2, 0.25) is 0 Å². The predicted molar refractivity (Wildman–Crippen MR) is 63.8 cm³/mol. The second-order valence-corrected chi connectivity index (χ2v) is 4.95. The number of ether oxygens (including phenoxy) is 1. The van der Waals surface area contributed by atoms with E-state index in [1.54, 1.807) is 0 Å². The third-order valence-electron chi connectivity index (χ3n) is 3.15. The first-order chi connectivity index (χ1) is 8.60. The maximum Gasteiger partial charge on any atom is 0.310 e. The number of carbonyl (C=O) groups excluding carboxylic acids is 1. The topological polar surface area (TPSA) is 68.5 Å². The van der Waals surface area contributed by atoms with E-state index < -0.39 is 0 Å². The summed E-state index contributed by atoms with van der Waals surface area (Å²) in [4.78, 5) is 17.9. The van der Waals surface area contributed by atoms with E-state index in [-0.39, 0.29) is 17.8 Å². The number of esters is 1. The Balaban J connectivity index is 1.89. The molecule has 0 amide bonds. The van der Waals surface area contributed by atoms with E-state index in [4.69, 9.17) is 9.26 Å². The van der Waals surface area contributed by atoms with Crippen molar-refractivity contribution in [3.8, 4) is 0 Å². The van der Waals surface area contributed by atoms with Crippen LogP contribution in [0.25, 0.3) is 0 Å². The maximum absolute atomic E-state index is 11.4. The minimum absolute atomic E-state index is 0.0218. The lowest BCUT2D eigenvalue weighted by atomic mass is 10.1. The third kappa shape index (κ3) is 2.87. The fourth-order valence-electron chi connectivity index (χ4n) is 2.10. The molecule has 1 fully saturated rings. The van der Waals surface area contributed by atoms with Gasteiger partial charge in [-0.1, -0.05) is 19.0 Å². The van der Waals surface area contributed by atoms with Crippen molar-refractivity contribution in [1.82, 2.24) is 15.0 Å². The lowest BCUT2D eigenvalue weighted by molar-refractivity contribution is -0.144. The molecular weight excluding hydrogens is 234 g/mol. The number of hydrogen-bond acceptors (Lipinski definition) is 6. The highest BCUT2D eigenvalue weighted by Gasteiger charge is 2.29. The van der Waals surface area contributed by atoms with Crippen LogP contribution in [-0.4, -0.2) is 41.2 Å². The summed E-state index contributed by atoms with van der Waals surface area (Å²) in [5, 5.41) is 3.95. The summed E-state index contributed by atoms with van der Waals surface area (Å²) >= 11 is 0. The average molecular weight is 253 g/mol. The molecule has 18 heavy (non-hydrogen) atoms. The first kappa shape index (κ1) is 13.0. The normalized spacial score (nSPS) is 20.6. The monoisotopic (exact) mass is 253 g/mol. The molecule has 6 nitrogen and oxygen atoms in total. The summed E-state index contributed by atoms with van der Waals surface area (Å²) < 4.78 is 9.91. The van der Waals surface area contributed by atoms with Crippen LogP contribution in [0, 0.1) is 5.92 Å². The van der Waals surface area contributed by atoms with Crippen LogP contribution in [0.1, 0.15) is 37.9 Å². The fourth-order valence-corrected chi connectivity index (χ4v) is 2.10. The molecule has 100 valence electrons. The van der Waals surface area contributed by atoms with Crippen LogP contribution in [0.4, 0.5) is 0 Å². The molecule has 0 radical (unpaired) electrons. The summed E-state index contributed by atoms with van der Waals surface area (Å²) in [7, 11) is 1.43. The van der Waals surface area contributed by atoms with Gasteiger partial charge in [-0.05, 0) is 13.0 Å². The summed E-state index contributed by atoms with van der Waals surface area (Å²) in [6.07, 6.45) is 0.835. The lowest BCUT2D eigenvalue weighted by Gasteiger charge is -2.12. The molecule has 1 unspecified atom stereocenters. The maximum atomic E-state index is 11.4. The molecule has 0 spiro atoms. The van der Waals surface area contributed by atoms with Crippen molar-refractivity contribution in [2.24, 2.45) is 5.92 Å². The van der Waals surface area contributed by atoms with E-state index in [0.29, 0.717) is 24.8 Å². The van der Waals surface area contributed by atoms with Crippen LogP contribution >= 0.6 is 0 Å². The summed E-state index contributed by atoms with van der Waals surface area (Å²) in [6.45, 7) is 6.23. The molecule has 2 rings (SSSR count). The molecule has 0 saturated carbocycles. The SMILES string of the molecule is COC(=O)C1CCN(Cc2noc(C(C)C)n2)C1. The smallest absolute Gasteiger partial charge is 0.310 e. The number of aromatic nitrogens is 2. The Bertz CT molecular complexity index is 416. The van der Waals surface area contributed by atoms with Crippen molar-refractivity contribution in [1.29, 1.82) is 0 Å². The van der Waals surface area contributed by atoms with E-state index in [0.717, 1.165) is 13.0 Å². The van der Waals surface area contributed by atoms with Crippen LogP contribution in [0.5, 0.6) is 0 Å². The summed E-state index contributed by atoms with van der Waals surface area (Å²) in [6, 6.07) is 0. The second kappa shape index (κ2) is 5.48. The molecule has 1 aliphatic heterocycles. The average Bonchev–Trinajstić information content (AvgIpc) is 2.98. The van der Waals surface area contributed by atoms with E-state index >= 15 is 0 Å². The summed E-state index contributed by atoms with van der Waals surface area (Å²) in [5.74, 6) is 1.44. The molecule has 1 aromatic rings. The van der Waals surface area contributed by atoms with Gasteiger partial charge in [0.2, 0.25) is 5.89 Å². The Morgan fingerprint density at radius 1 is 1.61 bits per heavy atom. The largest absolute Gasteiger partial charge is 0.469 e. The Morgan fingerprint density at radius 2 is 2.39 bits per heavy atom. The molecule has 0 N–H and O–H groups in total. The number of carbonyl (C=O) groups is 1. The van der Waals surface area contributed by atoms with Crippen molar-refractivity contribution in [2.45, 2.75) is 32.7 Å². The molecular formula is C12H19N3O3. The van der Waals surface area contributed by atoms with Gasteiger partial charge in [-0.15, -0.1) is 0 Å². The second-order valence-electron chi connectivity index (χ2n) is 4.95. The first-order valence-corrected chi connectivity index (χ1v) is 6.22. The molecule has 1 atom stereocenters. The molecule has 6 heteroatoms. The highest BCUT2D eigenvalue weighted by atomic mass is 16.5. The van der Waals surface area contributed by atoms with E-state index in [2.05, 4.69) is 15.0 Å². The van der Waals surface area contributed by atoms with Gasteiger partial charge >= 0.3 is 5.97 Å². The predicted octanol–water partition coefficient (Wildman–Crippen LogP) is 1.19. The highest BCUT2D eigenvalue weighted by Crippen LogP contribution is 2.19. The van der Waals surface area contributed by atoms with Gasteiger partial charge in [-0.25, -0.2) is 0 Å². The van der Waals surface area contributed by atoms with Gasteiger partial charge in [0.25, 0.3) is 0 Å². The summed E-state index contributed by atoms with van der Waals surface area (Å²) in [5.41, 5.74) is 0.